The first kappa shape index (κ1) is 22.7. The van der Waals surface area contributed by atoms with Crippen molar-refractivity contribution in [2.24, 2.45) is 5.92 Å². The second-order valence-corrected chi connectivity index (χ2v) is 13.7. The molecule has 0 saturated heterocycles. The molecule has 0 bridgehead atoms. The fraction of sp³-hybridized carbons (Fsp3) is 0.417. The average molecular weight is 514 g/mol. The molecule has 3 heterocycles. The van der Waals surface area contributed by atoms with Crippen LogP contribution < -0.4 is 4.72 Å². The van der Waals surface area contributed by atoms with Crippen LogP contribution in [0.25, 0.3) is 22.1 Å². The van der Waals surface area contributed by atoms with E-state index in [-0.39, 0.29) is 28.1 Å². The fourth-order valence-corrected chi connectivity index (χ4v) is 8.18. The predicted molar refractivity (Wildman–Crippen MR) is 133 cm³/mol. The van der Waals surface area contributed by atoms with Crippen LogP contribution in [0.5, 0.6) is 0 Å². The maximum atomic E-state index is 13.4. The molecule has 6 rings (SSSR count). The van der Waals surface area contributed by atoms with Gasteiger partial charge in [0, 0.05) is 23.7 Å². The Hall–Kier alpha value is -2.76. The quantitative estimate of drug-likeness (QED) is 0.423. The number of aromatic nitrogens is 4. The van der Waals surface area contributed by atoms with Crippen LogP contribution in [0.15, 0.2) is 53.9 Å². The summed E-state index contributed by atoms with van der Waals surface area (Å²) in [7, 11) is -7.08. The molecule has 0 unspecified atom stereocenters. The lowest BCUT2D eigenvalue weighted by atomic mass is 10.1. The average Bonchev–Trinajstić information content (AvgIpc) is 3.30. The van der Waals surface area contributed by atoms with E-state index in [4.69, 9.17) is 0 Å². The molecule has 35 heavy (non-hydrogen) atoms. The molecule has 2 aliphatic carbocycles. The van der Waals surface area contributed by atoms with Crippen LogP contribution in [0.4, 0.5) is 0 Å². The van der Waals surface area contributed by atoms with Crippen molar-refractivity contribution in [3.63, 3.8) is 0 Å². The smallest absolute Gasteiger partial charge is 0.269 e. The van der Waals surface area contributed by atoms with Crippen molar-refractivity contribution in [3.05, 3.63) is 54.6 Å². The summed E-state index contributed by atoms with van der Waals surface area (Å²) in [5.74, 6) is 0.223. The van der Waals surface area contributed by atoms with Crippen LogP contribution in [-0.2, 0) is 20.0 Å². The number of rotatable bonds is 6. The van der Waals surface area contributed by atoms with E-state index in [0.29, 0.717) is 23.0 Å². The first-order valence-electron chi connectivity index (χ1n) is 11.8. The minimum absolute atomic E-state index is 0.0366. The highest BCUT2D eigenvalue weighted by atomic mass is 32.2. The number of fused-ring (bicyclic) bond motifs is 3. The monoisotopic (exact) mass is 513 g/mol. The molecule has 1 aromatic carbocycles. The van der Waals surface area contributed by atoms with Crippen LogP contribution in [-0.4, -0.2) is 46.6 Å². The molecule has 11 heteroatoms. The molecular weight excluding hydrogens is 486 g/mol. The second kappa shape index (κ2) is 7.87. The summed E-state index contributed by atoms with van der Waals surface area (Å²) >= 11 is 0. The lowest BCUT2D eigenvalue weighted by Crippen LogP contribution is -2.35. The van der Waals surface area contributed by atoms with E-state index < -0.39 is 20.0 Å². The maximum Gasteiger partial charge on any atom is 0.269 e. The molecule has 2 fully saturated rings. The molecule has 2 aliphatic rings. The fourth-order valence-electron chi connectivity index (χ4n) is 5.27. The standard InChI is InChI=1S/C24H27N5O4S2/c1-15-3-5-19(6-4-15)35(32,33)29-10-9-20-23-21(13-25-24(20)29)26-14-28(23)22-12-17(11-16(22)2)27-34(30,31)18-7-8-18/h3-6,9-10,13-14,16-18,22,27H,7-8,11-12H2,1-2H3/t16-,17+,22+/m1/s1. The molecule has 0 spiro atoms. The number of sulfonamides is 1. The van der Waals surface area contributed by atoms with E-state index in [1.807, 2.05) is 6.92 Å². The molecule has 4 aromatic rings. The van der Waals surface area contributed by atoms with Crippen molar-refractivity contribution in [3.8, 4) is 0 Å². The van der Waals surface area contributed by atoms with Gasteiger partial charge in [-0.1, -0.05) is 24.6 Å². The van der Waals surface area contributed by atoms with Gasteiger partial charge in [-0.25, -0.2) is 35.5 Å². The summed E-state index contributed by atoms with van der Waals surface area (Å²) in [5.41, 5.74) is 2.82. The van der Waals surface area contributed by atoms with Gasteiger partial charge in [-0.3, -0.25) is 0 Å². The number of pyridine rings is 1. The third-order valence-corrected chi connectivity index (χ3v) is 11.0. The van der Waals surface area contributed by atoms with Gasteiger partial charge in [-0.2, -0.15) is 0 Å². The zero-order valence-electron chi connectivity index (χ0n) is 19.5. The van der Waals surface area contributed by atoms with Gasteiger partial charge in [0.05, 0.1) is 28.2 Å². The second-order valence-electron chi connectivity index (χ2n) is 9.89. The molecule has 0 amide bonds. The Morgan fingerprint density at radius 2 is 1.74 bits per heavy atom. The summed E-state index contributed by atoms with van der Waals surface area (Å²) in [6.07, 6.45) is 7.77. The molecule has 184 valence electrons. The van der Waals surface area contributed by atoms with Gasteiger partial charge in [-0.15, -0.1) is 0 Å². The predicted octanol–water partition coefficient (Wildman–Crippen LogP) is 3.35. The van der Waals surface area contributed by atoms with Crippen molar-refractivity contribution in [2.75, 3.05) is 0 Å². The SMILES string of the molecule is Cc1ccc(S(=O)(=O)n2ccc3c4c(cnc32)ncn4[C@H]2C[C@@H](NS(=O)(=O)C3CC3)C[C@H]2C)cc1. The van der Waals surface area contributed by atoms with Gasteiger partial charge in [0.25, 0.3) is 10.0 Å². The summed E-state index contributed by atoms with van der Waals surface area (Å²) in [4.78, 5) is 9.17. The normalized spacial score (nSPS) is 23.4. The van der Waals surface area contributed by atoms with E-state index in [1.54, 1.807) is 42.9 Å². The lowest BCUT2D eigenvalue weighted by Gasteiger charge is -2.18. The number of benzene rings is 1. The van der Waals surface area contributed by atoms with Crippen LogP contribution in [0.3, 0.4) is 0 Å². The Labute approximate surface area is 204 Å². The van der Waals surface area contributed by atoms with Gasteiger partial charge >= 0.3 is 0 Å². The Morgan fingerprint density at radius 1 is 1.00 bits per heavy atom. The molecule has 0 aliphatic heterocycles. The van der Waals surface area contributed by atoms with E-state index in [9.17, 15) is 16.8 Å². The molecule has 3 atom stereocenters. The van der Waals surface area contributed by atoms with Gasteiger partial charge in [0.2, 0.25) is 10.0 Å². The van der Waals surface area contributed by atoms with E-state index in [1.165, 1.54) is 10.2 Å². The molecule has 9 nitrogen and oxygen atoms in total. The van der Waals surface area contributed by atoms with Gasteiger partial charge in [0.1, 0.15) is 5.52 Å². The van der Waals surface area contributed by atoms with E-state index in [2.05, 4.69) is 26.2 Å². The largest absolute Gasteiger partial charge is 0.326 e. The zero-order chi connectivity index (χ0) is 24.5. The Morgan fingerprint density at radius 3 is 2.46 bits per heavy atom. The number of nitrogens with zero attached hydrogens (tertiary/aromatic N) is 4. The Bertz CT molecular complexity index is 1650. The minimum atomic E-state index is -3.82. The summed E-state index contributed by atoms with van der Waals surface area (Å²) in [5, 5.41) is 0.455. The lowest BCUT2D eigenvalue weighted by molar-refractivity contribution is 0.416. The first-order chi connectivity index (χ1) is 16.6. The van der Waals surface area contributed by atoms with Crippen LogP contribution in [0.1, 0.15) is 44.2 Å². The first-order valence-corrected chi connectivity index (χ1v) is 14.8. The number of aryl methyl sites for hydroxylation is 1. The summed E-state index contributed by atoms with van der Waals surface area (Å²) < 4.78 is 57.9. The van der Waals surface area contributed by atoms with E-state index >= 15 is 0 Å². The van der Waals surface area contributed by atoms with Crippen LogP contribution in [0.2, 0.25) is 0 Å². The highest BCUT2D eigenvalue weighted by Gasteiger charge is 2.41. The van der Waals surface area contributed by atoms with Gasteiger partial charge < -0.3 is 4.57 Å². The van der Waals surface area contributed by atoms with Gasteiger partial charge in [0.15, 0.2) is 5.65 Å². The number of hydrogen-bond acceptors (Lipinski definition) is 6. The molecule has 1 N–H and O–H groups in total. The van der Waals surface area contributed by atoms with Crippen molar-refractivity contribution >= 4 is 42.1 Å². The molecular formula is C24H27N5O4S2. The van der Waals surface area contributed by atoms with Crippen molar-refractivity contribution < 1.29 is 16.8 Å². The zero-order valence-corrected chi connectivity index (χ0v) is 21.1. The molecule has 3 aromatic heterocycles. The summed E-state index contributed by atoms with van der Waals surface area (Å²) in [6.45, 7) is 4.03. The Balaban J connectivity index is 1.39. The van der Waals surface area contributed by atoms with Crippen molar-refractivity contribution in [1.82, 2.24) is 23.2 Å². The Kier molecular flexibility index (Phi) is 5.10. The molecule has 2 saturated carbocycles. The number of imidazole rings is 1. The third-order valence-electron chi connectivity index (χ3n) is 7.28. The highest BCUT2D eigenvalue weighted by molar-refractivity contribution is 7.90. The maximum absolute atomic E-state index is 13.4. The van der Waals surface area contributed by atoms with E-state index in [0.717, 1.165) is 30.3 Å². The topological polar surface area (TPSA) is 116 Å². The number of nitrogens with one attached hydrogen (secondary N) is 1. The van der Waals surface area contributed by atoms with Gasteiger partial charge in [-0.05, 0) is 56.7 Å². The minimum Gasteiger partial charge on any atom is -0.326 e. The third kappa shape index (κ3) is 3.76. The van der Waals surface area contributed by atoms with Crippen molar-refractivity contribution in [1.29, 1.82) is 0 Å². The highest BCUT2D eigenvalue weighted by Crippen LogP contribution is 2.40. The molecule has 0 radical (unpaired) electrons. The summed E-state index contributed by atoms with van der Waals surface area (Å²) in [6, 6.07) is 8.42. The van der Waals surface area contributed by atoms with Crippen molar-refractivity contribution in [2.45, 2.75) is 61.8 Å². The van der Waals surface area contributed by atoms with Crippen LogP contribution >= 0.6 is 0 Å². The van der Waals surface area contributed by atoms with Crippen LogP contribution in [0, 0.1) is 12.8 Å². The number of hydrogen-bond donors (Lipinski definition) is 1.